The van der Waals surface area contributed by atoms with Crippen molar-refractivity contribution in [3.63, 3.8) is 0 Å². The van der Waals surface area contributed by atoms with Crippen LogP contribution in [0.25, 0.3) is 10.8 Å². The van der Waals surface area contributed by atoms with E-state index in [1.165, 1.54) is 10.8 Å². The summed E-state index contributed by atoms with van der Waals surface area (Å²) in [5.74, 6) is 0.0896. The molecule has 0 saturated carbocycles. The Morgan fingerprint density at radius 2 is 2.00 bits per heavy atom. The van der Waals surface area contributed by atoms with Gasteiger partial charge in [0.2, 0.25) is 11.8 Å². The summed E-state index contributed by atoms with van der Waals surface area (Å²) in [7, 11) is 0. The summed E-state index contributed by atoms with van der Waals surface area (Å²) in [5, 5.41) is 9.49. The van der Waals surface area contributed by atoms with Crippen molar-refractivity contribution in [1.29, 1.82) is 0 Å². The Morgan fingerprint density at radius 1 is 1.14 bits per heavy atom. The lowest BCUT2D eigenvalue weighted by Crippen LogP contribution is -2.37. The van der Waals surface area contributed by atoms with Crippen LogP contribution in [0.2, 0.25) is 0 Å². The fraction of sp³-hybridized carbons (Fsp3) is 0.318. The third kappa shape index (κ3) is 4.22. The maximum atomic E-state index is 12.4. The van der Waals surface area contributed by atoms with Gasteiger partial charge in [0.1, 0.15) is 0 Å². The first-order valence-electron chi connectivity index (χ1n) is 9.70. The van der Waals surface area contributed by atoms with E-state index in [4.69, 9.17) is 0 Å². The van der Waals surface area contributed by atoms with Crippen molar-refractivity contribution in [1.82, 2.24) is 20.0 Å². The van der Waals surface area contributed by atoms with Crippen LogP contribution in [0.4, 0.5) is 0 Å². The van der Waals surface area contributed by atoms with Crippen molar-refractivity contribution < 1.29 is 9.59 Å². The summed E-state index contributed by atoms with van der Waals surface area (Å²) in [4.78, 5) is 26.5. The number of benzene rings is 2. The normalized spacial score (nSPS) is 16.6. The molecule has 1 saturated heterocycles. The van der Waals surface area contributed by atoms with E-state index in [1.807, 2.05) is 40.0 Å². The topological polar surface area (TPSA) is 67.2 Å². The molecule has 0 aliphatic carbocycles. The molecular formula is C22H24N4O2. The summed E-state index contributed by atoms with van der Waals surface area (Å²) in [6.45, 7) is 1.86. The fourth-order valence-corrected chi connectivity index (χ4v) is 3.79. The Balaban J connectivity index is 1.30. The number of hydrogen-bond donors (Lipinski definition) is 1. The van der Waals surface area contributed by atoms with Crippen molar-refractivity contribution in [2.24, 2.45) is 0 Å². The maximum absolute atomic E-state index is 12.4. The van der Waals surface area contributed by atoms with Gasteiger partial charge in [0, 0.05) is 44.9 Å². The van der Waals surface area contributed by atoms with E-state index < -0.39 is 0 Å². The number of aryl methyl sites for hydroxylation is 1. The lowest BCUT2D eigenvalue weighted by molar-refractivity contribution is -0.128. The molecule has 1 atom stereocenters. The Hall–Kier alpha value is -3.15. The van der Waals surface area contributed by atoms with Crippen molar-refractivity contribution >= 4 is 22.6 Å². The van der Waals surface area contributed by atoms with Gasteiger partial charge in [0.25, 0.3) is 0 Å². The Morgan fingerprint density at radius 3 is 2.86 bits per heavy atom. The number of carbonyl (C=O) groups excluding carboxylic acids is 2. The third-order valence-electron chi connectivity index (χ3n) is 5.17. The maximum Gasteiger partial charge on any atom is 0.225 e. The van der Waals surface area contributed by atoms with E-state index in [-0.39, 0.29) is 17.9 Å². The van der Waals surface area contributed by atoms with E-state index in [1.54, 1.807) is 6.20 Å². The van der Waals surface area contributed by atoms with Gasteiger partial charge in [-0.2, -0.15) is 5.10 Å². The molecule has 3 aromatic rings. The second-order valence-corrected chi connectivity index (χ2v) is 7.25. The highest BCUT2D eigenvalue weighted by Gasteiger charge is 2.30. The van der Waals surface area contributed by atoms with E-state index in [2.05, 4.69) is 34.7 Å². The number of nitrogens with zero attached hydrogens (tertiary/aromatic N) is 3. The molecule has 1 aliphatic rings. The van der Waals surface area contributed by atoms with Gasteiger partial charge in [-0.25, -0.2) is 0 Å². The van der Waals surface area contributed by atoms with E-state index >= 15 is 0 Å². The first-order chi connectivity index (χ1) is 13.7. The van der Waals surface area contributed by atoms with Crippen LogP contribution in [0.1, 0.15) is 24.8 Å². The zero-order valence-electron chi connectivity index (χ0n) is 15.8. The van der Waals surface area contributed by atoms with E-state index in [0.29, 0.717) is 25.9 Å². The quantitative estimate of drug-likeness (QED) is 0.689. The van der Waals surface area contributed by atoms with Gasteiger partial charge < -0.3 is 10.2 Å². The van der Waals surface area contributed by atoms with Crippen LogP contribution < -0.4 is 5.32 Å². The zero-order valence-corrected chi connectivity index (χ0v) is 15.8. The molecule has 6 nitrogen and oxygen atoms in total. The molecule has 0 spiro atoms. The van der Waals surface area contributed by atoms with Crippen molar-refractivity contribution in [2.45, 2.75) is 38.4 Å². The SMILES string of the molecule is O=C(CCCn1cccn1)NC1CC(=O)N(Cc2cccc3ccccc23)C1. The molecule has 4 rings (SSSR count). The molecule has 2 heterocycles. The fourth-order valence-electron chi connectivity index (χ4n) is 3.79. The molecule has 1 aromatic heterocycles. The second kappa shape index (κ2) is 8.25. The molecule has 6 heteroatoms. The molecule has 1 unspecified atom stereocenters. The third-order valence-corrected chi connectivity index (χ3v) is 5.17. The summed E-state index contributed by atoms with van der Waals surface area (Å²) in [5.41, 5.74) is 1.14. The molecule has 28 heavy (non-hydrogen) atoms. The zero-order chi connectivity index (χ0) is 19.3. The summed E-state index contributed by atoms with van der Waals surface area (Å²) in [6, 6.07) is 16.1. The lowest BCUT2D eigenvalue weighted by Gasteiger charge is -2.18. The summed E-state index contributed by atoms with van der Waals surface area (Å²) in [6.07, 6.45) is 5.16. The van der Waals surface area contributed by atoms with Gasteiger partial charge >= 0.3 is 0 Å². The highest BCUT2D eigenvalue weighted by Crippen LogP contribution is 2.22. The van der Waals surface area contributed by atoms with E-state index in [0.717, 1.165) is 18.5 Å². The number of rotatable bonds is 7. The van der Waals surface area contributed by atoms with Crippen LogP contribution in [-0.2, 0) is 22.7 Å². The molecule has 0 bridgehead atoms. The van der Waals surface area contributed by atoms with Gasteiger partial charge in [0.05, 0.1) is 6.04 Å². The average Bonchev–Trinajstić information content (AvgIpc) is 3.32. The van der Waals surface area contributed by atoms with Gasteiger partial charge in [-0.15, -0.1) is 0 Å². The van der Waals surface area contributed by atoms with Crippen molar-refractivity contribution in [3.05, 3.63) is 66.5 Å². The number of likely N-dealkylation sites (tertiary alicyclic amines) is 1. The Bertz CT molecular complexity index is 962. The van der Waals surface area contributed by atoms with Crippen LogP contribution in [0.5, 0.6) is 0 Å². The molecular weight excluding hydrogens is 352 g/mol. The number of amides is 2. The Labute approximate surface area is 164 Å². The number of carbonyl (C=O) groups is 2. The minimum Gasteiger partial charge on any atom is -0.351 e. The van der Waals surface area contributed by atoms with Crippen molar-refractivity contribution in [2.75, 3.05) is 6.54 Å². The van der Waals surface area contributed by atoms with E-state index in [9.17, 15) is 9.59 Å². The number of hydrogen-bond acceptors (Lipinski definition) is 3. The highest BCUT2D eigenvalue weighted by atomic mass is 16.2. The number of aromatic nitrogens is 2. The van der Waals surface area contributed by atoms with Gasteiger partial charge in [-0.1, -0.05) is 42.5 Å². The largest absolute Gasteiger partial charge is 0.351 e. The minimum atomic E-state index is -0.111. The monoisotopic (exact) mass is 376 g/mol. The smallest absolute Gasteiger partial charge is 0.225 e. The Kier molecular flexibility index (Phi) is 5.37. The van der Waals surface area contributed by atoms with Crippen LogP contribution >= 0.6 is 0 Å². The molecule has 144 valence electrons. The summed E-state index contributed by atoms with van der Waals surface area (Å²) < 4.78 is 1.82. The minimum absolute atomic E-state index is 0.00281. The lowest BCUT2D eigenvalue weighted by atomic mass is 10.0. The molecule has 0 radical (unpaired) electrons. The summed E-state index contributed by atoms with van der Waals surface area (Å²) >= 11 is 0. The first kappa shape index (κ1) is 18.2. The predicted octanol–water partition coefficient (Wildman–Crippen LogP) is 2.73. The number of fused-ring (bicyclic) bond motifs is 1. The molecule has 1 fully saturated rings. The molecule has 2 amide bonds. The number of nitrogens with one attached hydrogen (secondary N) is 1. The molecule has 2 aromatic carbocycles. The molecule has 1 aliphatic heterocycles. The van der Waals surface area contributed by atoms with Gasteiger partial charge in [-0.05, 0) is 28.8 Å². The predicted molar refractivity (Wildman–Crippen MR) is 107 cm³/mol. The van der Waals surface area contributed by atoms with Crippen LogP contribution in [0.15, 0.2) is 60.9 Å². The standard InChI is InChI=1S/C22H24N4O2/c27-21(10-4-12-26-13-5-11-23-26)24-19-14-22(28)25(16-19)15-18-8-3-7-17-6-1-2-9-20(17)18/h1-3,5-9,11,13,19H,4,10,12,14-16H2,(H,24,27). The second-order valence-electron chi connectivity index (χ2n) is 7.25. The average molecular weight is 376 g/mol. The van der Waals surface area contributed by atoms with Gasteiger partial charge in [-0.3, -0.25) is 14.3 Å². The van der Waals surface area contributed by atoms with Gasteiger partial charge in [0.15, 0.2) is 0 Å². The first-order valence-corrected chi connectivity index (χ1v) is 9.70. The van der Waals surface area contributed by atoms with Crippen LogP contribution in [-0.4, -0.2) is 39.1 Å². The molecule has 1 N–H and O–H groups in total. The highest BCUT2D eigenvalue weighted by molar-refractivity contribution is 5.87. The van der Waals surface area contributed by atoms with Crippen LogP contribution in [0, 0.1) is 0 Å². The van der Waals surface area contributed by atoms with Crippen molar-refractivity contribution in [3.8, 4) is 0 Å². The van der Waals surface area contributed by atoms with Crippen LogP contribution in [0.3, 0.4) is 0 Å².